The van der Waals surface area contributed by atoms with Crippen molar-refractivity contribution in [3.63, 3.8) is 0 Å². The van der Waals surface area contributed by atoms with Gasteiger partial charge < -0.3 is 36.7 Å². The summed E-state index contributed by atoms with van der Waals surface area (Å²) in [5.74, 6) is -2.10. The van der Waals surface area contributed by atoms with Crippen LogP contribution in [0.1, 0.15) is 62.9 Å². The first kappa shape index (κ1) is 34.8. The van der Waals surface area contributed by atoms with Gasteiger partial charge in [0.1, 0.15) is 17.3 Å². The van der Waals surface area contributed by atoms with Crippen molar-refractivity contribution in [2.24, 2.45) is 23.5 Å². The number of aliphatic hydroxyl groups is 2. The highest BCUT2D eigenvalue weighted by Crippen LogP contribution is 2.42. The van der Waals surface area contributed by atoms with Crippen LogP contribution in [0, 0.1) is 17.8 Å². The molecule has 3 atom stereocenters. The minimum atomic E-state index is -0.852. The first-order valence-electron chi connectivity index (χ1n) is 14.1. The quantitative estimate of drug-likeness (QED) is 0.251. The number of benzene rings is 2. The van der Waals surface area contributed by atoms with E-state index in [1.807, 2.05) is 18.2 Å². The Balaban J connectivity index is 0.00000462. The van der Waals surface area contributed by atoms with Crippen molar-refractivity contribution < 1.29 is 48.2 Å². The third-order valence-corrected chi connectivity index (χ3v) is 8.38. The van der Waals surface area contributed by atoms with Crippen LogP contribution in [0.25, 0.3) is 11.1 Å². The standard InChI is InChI=1S/C31H40N2O7.2H2O.2H2/c1-40-29-7-4-20(15-22(29)17-33-9-2-3-10-33)23-5-6-26(36)31-24(23)13-19(14-28(31)38)12-21(8-11-34)25(18-35)27(37)16-30(32)39;;;;/h4-7,15,19,21,25,34-36H,2-3,8-14,16-18H2,1H3,(H2,32,39);2*1H2;2*1H. The number of nitrogens with zero attached hydrogens (tertiary/aromatic N) is 1. The van der Waals surface area contributed by atoms with E-state index in [-0.39, 0.29) is 50.7 Å². The topological polar surface area (TPSA) is 213 Å². The zero-order valence-corrected chi connectivity index (χ0v) is 24.1. The fourth-order valence-corrected chi connectivity index (χ4v) is 6.47. The number of ether oxygens (including phenoxy) is 1. The molecule has 0 aromatic heterocycles. The molecular formula is C31H48N2O9. The molecule has 9 N–H and O–H groups in total. The van der Waals surface area contributed by atoms with Gasteiger partial charge in [0, 0.05) is 33.9 Å². The summed E-state index contributed by atoms with van der Waals surface area (Å²) in [6.45, 7) is 2.20. The predicted octanol–water partition coefficient (Wildman–Crippen LogP) is 1.69. The molecule has 11 heteroatoms. The van der Waals surface area contributed by atoms with Crippen LogP contribution < -0.4 is 10.5 Å². The summed E-state index contributed by atoms with van der Waals surface area (Å²) >= 11 is 0. The highest BCUT2D eigenvalue weighted by molar-refractivity contribution is 6.03. The van der Waals surface area contributed by atoms with Crippen molar-refractivity contribution in [3.05, 3.63) is 47.0 Å². The minimum absolute atomic E-state index is 0. The van der Waals surface area contributed by atoms with E-state index in [1.165, 1.54) is 12.8 Å². The highest BCUT2D eigenvalue weighted by Gasteiger charge is 2.35. The van der Waals surface area contributed by atoms with E-state index in [4.69, 9.17) is 10.5 Å². The van der Waals surface area contributed by atoms with Gasteiger partial charge >= 0.3 is 0 Å². The van der Waals surface area contributed by atoms with Crippen LogP contribution in [0.2, 0.25) is 0 Å². The SMILES string of the molecule is COc1ccc(-c2ccc(O)c3c2CC(CC(CCO)C(CO)C(=O)CC(N)=O)CC3=O)cc1CN1CCCC1.O.O.[HH].[HH]. The number of hydrogen-bond donors (Lipinski definition) is 4. The molecule has 11 nitrogen and oxygen atoms in total. The molecule has 236 valence electrons. The van der Waals surface area contributed by atoms with Crippen molar-refractivity contribution in [2.45, 2.75) is 51.5 Å². The number of carbonyl (C=O) groups excluding carboxylic acids is 3. The fourth-order valence-electron chi connectivity index (χ4n) is 6.47. The number of ketones is 2. The molecule has 2 aromatic rings. The Morgan fingerprint density at radius 2 is 1.83 bits per heavy atom. The molecule has 2 aromatic carbocycles. The lowest BCUT2D eigenvalue weighted by molar-refractivity contribution is -0.131. The van der Waals surface area contributed by atoms with Crippen molar-refractivity contribution in [3.8, 4) is 22.6 Å². The second-order valence-electron chi connectivity index (χ2n) is 11.1. The third kappa shape index (κ3) is 7.93. The van der Waals surface area contributed by atoms with Crippen molar-refractivity contribution in [2.75, 3.05) is 33.4 Å². The molecule has 1 saturated heterocycles. The number of nitrogens with two attached hydrogens (primary N) is 1. The van der Waals surface area contributed by atoms with Gasteiger partial charge in [-0.1, -0.05) is 12.1 Å². The number of aliphatic hydroxyl groups excluding tert-OH is 2. The molecule has 42 heavy (non-hydrogen) atoms. The molecule has 1 heterocycles. The molecule has 0 saturated carbocycles. The van der Waals surface area contributed by atoms with Crippen LogP contribution in [0.5, 0.6) is 11.5 Å². The molecule has 1 aliphatic heterocycles. The summed E-state index contributed by atoms with van der Waals surface area (Å²) in [6, 6.07) is 9.40. The van der Waals surface area contributed by atoms with E-state index in [1.54, 1.807) is 13.2 Å². The van der Waals surface area contributed by atoms with Gasteiger partial charge in [-0.2, -0.15) is 0 Å². The fraction of sp³-hybridized carbons (Fsp3) is 0.516. The maximum atomic E-state index is 13.3. The normalized spacial score (nSPS) is 17.9. The zero-order chi connectivity index (χ0) is 28.8. The minimum Gasteiger partial charge on any atom is -0.507 e. The van der Waals surface area contributed by atoms with E-state index in [0.29, 0.717) is 18.4 Å². The Morgan fingerprint density at radius 1 is 1.12 bits per heavy atom. The molecule has 2 aliphatic rings. The van der Waals surface area contributed by atoms with E-state index in [0.717, 1.165) is 47.6 Å². The zero-order valence-electron chi connectivity index (χ0n) is 24.1. The molecule has 1 aliphatic carbocycles. The lowest BCUT2D eigenvalue weighted by atomic mass is 9.72. The van der Waals surface area contributed by atoms with Gasteiger partial charge in [0.05, 0.1) is 25.7 Å². The maximum Gasteiger partial charge on any atom is 0.224 e. The van der Waals surface area contributed by atoms with Gasteiger partial charge in [-0.3, -0.25) is 19.3 Å². The van der Waals surface area contributed by atoms with E-state index >= 15 is 0 Å². The van der Waals surface area contributed by atoms with Crippen LogP contribution >= 0.6 is 0 Å². The van der Waals surface area contributed by atoms with E-state index < -0.39 is 36.6 Å². The van der Waals surface area contributed by atoms with Gasteiger partial charge in [0.25, 0.3) is 0 Å². The number of likely N-dealkylation sites (tertiary alicyclic amines) is 1. The second kappa shape index (κ2) is 15.8. The van der Waals surface area contributed by atoms with Crippen LogP contribution in [-0.2, 0) is 22.6 Å². The summed E-state index contributed by atoms with van der Waals surface area (Å²) in [5.41, 5.74) is 9.13. The van der Waals surface area contributed by atoms with Crippen LogP contribution in [0.4, 0.5) is 0 Å². The molecular weight excluding hydrogens is 544 g/mol. The average Bonchev–Trinajstić information content (AvgIpc) is 3.42. The van der Waals surface area contributed by atoms with Gasteiger partial charge in [0.15, 0.2) is 5.78 Å². The Hall–Kier alpha value is -3.35. The number of rotatable bonds is 13. The van der Waals surface area contributed by atoms with Gasteiger partial charge in [-0.15, -0.1) is 0 Å². The lowest BCUT2D eigenvalue weighted by Crippen LogP contribution is -2.33. The molecule has 0 spiro atoms. The van der Waals surface area contributed by atoms with Crippen LogP contribution in [-0.4, -0.2) is 82.1 Å². The van der Waals surface area contributed by atoms with E-state index in [2.05, 4.69) is 11.0 Å². The van der Waals surface area contributed by atoms with Gasteiger partial charge in [-0.25, -0.2) is 0 Å². The molecule has 1 fully saturated rings. The number of aromatic hydroxyl groups is 1. The summed E-state index contributed by atoms with van der Waals surface area (Å²) in [5, 5.41) is 30.3. The van der Waals surface area contributed by atoms with Crippen molar-refractivity contribution >= 4 is 17.5 Å². The largest absolute Gasteiger partial charge is 0.507 e. The Kier molecular flexibility index (Phi) is 13.1. The number of Topliss-reactive ketones (excluding diaryl/α,β-unsaturated/α-hetero) is 2. The summed E-state index contributed by atoms with van der Waals surface area (Å²) in [7, 11) is 1.66. The number of primary amides is 1. The summed E-state index contributed by atoms with van der Waals surface area (Å²) < 4.78 is 5.64. The number of phenolic OH excluding ortho intramolecular Hbond substituents is 1. The van der Waals surface area contributed by atoms with Crippen LogP contribution in [0.15, 0.2) is 30.3 Å². The van der Waals surface area contributed by atoms with Gasteiger partial charge in [-0.05, 0) is 91.9 Å². The Morgan fingerprint density at radius 3 is 2.45 bits per heavy atom. The monoisotopic (exact) mass is 592 g/mol. The summed E-state index contributed by atoms with van der Waals surface area (Å²) in [4.78, 5) is 39.7. The van der Waals surface area contributed by atoms with Crippen molar-refractivity contribution in [1.29, 1.82) is 0 Å². The average molecular weight is 593 g/mol. The molecule has 0 bridgehead atoms. The number of phenols is 1. The predicted molar refractivity (Wildman–Crippen MR) is 161 cm³/mol. The molecule has 3 unspecified atom stereocenters. The maximum absolute atomic E-state index is 13.3. The first-order chi connectivity index (χ1) is 19.2. The van der Waals surface area contributed by atoms with Gasteiger partial charge in [0.2, 0.25) is 5.91 Å². The Bertz CT molecular complexity index is 1250. The molecule has 0 radical (unpaired) electrons. The second-order valence-corrected chi connectivity index (χ2v) is 11.1. The third-order valence-electron chi connectivity index (χ3n) is 8.38. The lowest BCUT2D eigenvalue weighted by Gasteiger charge is -2.32. The van der Waals surface area contributed by atoms with E-state index in [9.17, 15) is 29.7 Å². The first-order valence-corrected chi connectivity index (χ1v) is 14.1. The number of carbonyl (C=O) groups is 3. The number of methoxy groups -OCH3 is 1. The van der Waals surface area contributed by atoms with Crippen LogP contribution in [0.3, 0.4) is 0 Å². The molecule has 1 amide bonds. The molecule has 4 rings (SSSR count). The number of amides is 1. The highest BCUT2D eigenvalue weighted by atomic mass is 16.5. The smallest absolute Gasteiger partial charge is 0.224 e. The number of hydrogen-bond acceptors (Lipinski definition) is 8. The van der Waals surface area contributed by atoms with Crippen molar-refractivity contribution in [1.82, 2.24) is 4.90 Å². The Labute approximate surface area is 248 Å². The summed E-state index contributed by atoms with van der Waals surface area (Å²) in [6.07, 6.45) is 3.20. The number of fused-ring (bicyclic) bond motifs is 1.